The Balaban J connectivity index is 3.28. The van der Waals surface area contributed by atoms with Gasteiger partial charge >= 0.3 is 12.1 Å². The van der Waals surface area contributed by atoms with Crippen molar-refractivity contribution >= 4 is 11.8 Å². The fourth-order valence-electron chi connectivity index (χ4n) is 1.86. The topological polar surface area (TPSA) is 43.4 Å². The molecule has 0 saturated heterocycles. The molecule has 0 fully saturated rings. The van der Waals surface area contributed by atoms with Crippen LogP contribution in [0, 0.1) is 11.7 Å². The second kappa shape index (κ2) is 6.69. The molecule has 0 aliphatic rings. The zero-order chi connectivity index (χ0) is 16.2. The number of ether oxygens (including phenoxy) is 1. The van der Waals surface area contributed by atoms with Gasteiger partial charge in [0, 0.05) is 5.56 Å². The van der Waals surface area contributed by atoms with Crippen molar-refractivity contribution in [2.24, 2.45) is 5.92 Å². The predicted molar refractivity (Wildman–Crippen MR) is 66.1 cm³/mol. The van der Waals surface area contributed by atoms with Crippen LogP contribution in [-0.2, 0) is 15.7 Å². The number of esters is 1. The Labute approximate surface area is 118 Å². The van der Waals surface area contributed by atoms with E-state index in [4.69, 9.17) is 0 Å². The summed E-state index contributed by atoms with van der Waals surface area (Å²) in [6.07, 6.45) is -4.85. The van der Waals surface area contributed by atoms with Gasteiger partial charge in [0.1, 0.15) is 11.7 Å². The van der Waals surface area contributed by atoms with Crippen molar-refractivity contribution in [2.45, 2.75) is 26.4 Å². The van der Waals surface area contributed by atoms with Gasteiger partial charge in [0.15, 0.2) is 5.78 Å². The maximum Gasteiger partial charge on any atom is 0.417 e. The number of carbonyl (C=O) groups is 2. The second-order valence-electron chi connectivity index (χ2n) is 4.26. The summed E-state index contributed by atoms with van der Waals surface area (Å²) in [5.74, 6) is -4.37. The van der Waals surface area contributed by atoms with Crippen molar-refractivity contribution in [1.82, 2.24) is 0 Å². The molecule has 0 aliphatic carbocycles. The molecule has 0 N–H and O–H groups in total. The lowest BCUT2D eigenvalue weighted by Gasteiger charge is -2.16. The highest BCUT2D eigenvalue weighted by atomic mass is 19.4. The standard InChI is InChI=1S/C14H14F4O3/c1-3-9(13(20)21-4-2)12(19)10-7-8(15)5-6-11(10)14(16,17)18/h5-7,9H,3-4H2,1-2H3. The molecule has 3 nitrogen and oxygen atoms in total. The Morgan fingerprint density at radius 1 is 1.24 bits per heavy atom. The minimum Gasteiger partial charge on any atom is -0.465 e. The molecule has 1 rings (SSSR count). The van der Waals surface area contributed by atoms with Gasteiger partial charge in [0.05, 0.1) is 12.2 Å². The summed E-state index contributed by atoms with van der Waals surface area (Å²) in [5.41, 5.74) is -2.13. The molecular formula is C14H14F4O3. The van der Waals surface area contributed by atoms with Crippen molar-refractivity contribution in [1.29, 1.82) is 0 Å². The maximum absolute atomic E-state index is 13.2. The molecule has 0 radical (unpaired) electrons. The van der Waals surface area contributed by atoms with Gasteiger partial charge < -0.3 is 4.74 Å². The van der Waals surface area contributed by atoms with Gasteiger partial charge in [0.25, 0.3) is 0 Å². The maximum atomic E-state index is 13.2. The normalized spacial score (nSPS) is 12.9. The Kier molecular flexibility index (Phi) is 5.46. The van der Waals surface area contributed by atoms with E-state index in [0.717, 1.165) is 0 Å². The van der Waals surface area contributed by atoms with Crippen LogP contribution < -0.4 is 0 Å². The van der Waals surface area contributed by atoms with Gasteiger partial charge in [-0.2, -0.15) is 13.2 Å². The van der Waals surface area contributed by atoms with E-state index in [9.17, 15) is 27.2 Å². The third-order valence-corrected chi connectivity index (χ3v) is 2.85. The van der Waals surface area contributed by atoms with E-state index < -0.39 is 40.8 Å². The van der Waals surface area contributed by atoms with Crippen molar-refractivity contribution in [3.05, 3.63) is 35.1 Å². The summed E-state index contributed by atoms with van der Waals surface area (Å²) in [6, 6.07) is 1.60. The van der Waals surface area contributed by atoms with E-state index >= 15 is 0 Å². The van der Waals surface area contributed by atoms with E-state index in [2.05, 4.69) is 4.74 Å². The molecule has 1 atom stereocenters. The summed E-state index contributed by atoms with van der Waals surface area (Å²) in [5, 5.41) is 0. The average molecular weight is 306 g/mol. The molecule has 7 heteroatoms. The molecule has 1 aromatic rings. The van der Waals surface area contributed by atoms with Crippen LogP contribution in [-0.4, -0.2) is 18.4 Å². The van der Waals surface area contributed by atoms with Crippen LogP contribution in [0.4, 0.5) is 17.6 Å². The minimum atomic E-state index is -4.81. The molecule has 0 bridgehead atoms. The number of alkyl halides is 3. The fraction of sp³-hybridized carbons (Fsp3) is 0.429. The Bertz CT molecular complexity index is 538. The lowest BCUT2D eigenvalue weighted by molar-refractivity contribution is -0.146. The van der Waals surface area contributed by atoms with Crippen LogP contribution in [0.25, 0.3) is 0 Å². The second-order valence-corrected chi connectivity index (χ2v) is 4.26. The van der Waals surface area contributed by atoms with Crippen LogP contribution >= 0.6 is 0 Å². The Morgan fingerprint density at radius 2 is 1.86 bits per heavy atom. The molecule has 1 unspecified atom stereocenters. The smallest absolute Gasteiger partial charge is 0.417 e. The number of ketones is 1. The summed E-state index contributed by atoms with van der Waals surface area (Å²) < 4.78 is 56.4. The Hall–Kier alpha value is -1.92. The monoisotopic (exact) mass is 306 g/mol. The first-order chi connectivity index (χ1) is 9.72. The zero-order valence-corrected chi connectivity index (χ0v) is 11.5. The molecular weight excluding hydrogens is 292 g/mol. The van der Waals surface area contributed by atoms with Gasteiger partial charge in [-0.05, 0) is 31.5 Å². The van der Waals surface area contributed by atoms with Crippen molar-refractivity contribution in [3.8, 4) is 0 Å². The van der Waals surface area contributed by atoms with Gasteiger partial charge in [-0.25, -0.2) is 4.39 Å². The SMILES string of the molecule is CCOC(=O)C(CC)C(=O)c1cc(F)ccc1C(F)(F)F. The highest BCUT2D eigenvalue weighted by Gasteiger charge is 2.38. The van der Waals surface area contributed by atoms with Crippen molar-refractivity contribution in [3.63, 3.8) is 0 Å². The lowest BCUT2D eigenvalue weighted by Crippen LogP contribution is -2.27. The molecule has 0 aromatic heterocycles. The quantitative estimate of drug-likeness (QED) is 0.361. The van der Waals surface area contributed by atoms with Gasteiger partial charge in [0.2, 0.25) is 0 Å². The number of carbonyl (C=O) groups excluding carboxylic acids is 2. The van der Waals surface area contributed by atoms with E-state index in [-0.39, 0.29) is 13.0 Å². The van der Waals surface area contributed by atoms with Crippen molar-refractivity contribution in [2.75, 3.05) is 6.61 Å². The highest BCUT2D eigenvalue weighted by molar-refractivity contribution is 6.09. The van der Waals surface area contributed by atoms with E-state index in [1.165, 1.54) is 13.8 Å². The summed E-state index contributed by atoms with van der Waals surface area (Å²) in [7, 11) is 0. The third kappa shape index (κ3) is 4.03. The molecule has 0 spiro atoms. The van der Waals surface area contributed by atoms with Crippen LogP contribution in [0.3, 0.4) is 0 Å². The number of halogens is 4. The highest BCUT2D eigenvalue weighted by Crippen LogP contribution is 2.33. The molecule has 0 heterocycles. The fourth-order valence-corrected chi connectivity index (χ4v) is 1.86. The van der Waals surface area contributed by atoms with Gasteiger partial charge in [-0.3, -0.25) is 9.59 Å². The molecule has 0 aliphatic heterocycles. The number of Topliss-reactive ketones (excluding diaryl/α,β-unsaturated/α-hetero) is 1. The zero-order valence-electron chi connectivity index (χ0n) is 11.5. The first kappa shape index (κ1) is 17.1. The molecule has 1 aromatic carbocycles. The first-order valence-electron chi connectivity index (χ1n) is 6.29. The van der Waals surface area contributed by atoms with E-state index in [1.807, 2.05) is 0 Å². The van der Waals surface area contributed by atoms with Crippen LogP contribution in [0.15, 0.2) is 18.2 Å². The van der Waals surface area contributed by atoms with Crippen LogP contribution in [0.1, 0.15) is 36.2 Å². The van der Waals surface area contributed by atoms with Crippen LogP contribution in [0.5, 0.6) is 0 Å². The van der Waals surface area contributed by atoms with Crippen molar-refractivity contribution < 1.29 is 31.9 Å². The predicted octanol–water partition coefficient (Wildman–Crippen LogP) is 3.62. The van der Waals surface area contributed by atoms with Gasteiger partial charge in [-0.1, -0.05) is 6.92 Å². The molecule has 0 amide bonds. The molecule has 0 saturated carbocycles. The summed E-state index contributed by atoms with van der Waals surface area (Å²) in [6.45, 7) is 2.97. The molecule has 21 heavy (non-hydrogen) atoms. The largest absolute Gasteiger partial charge is 0.465 e. The lowest BCUT2D eigenvalue weighted by atomic mass is 9.92. The van der Waals surface area contributed by atoms with Gasteiger partial charge in [-0.15, -0.1) is 0 Å². The van der Waals surface area contributed by atoms with E-state index in [1.54, 1.807) is 0 Å². The average Bonchev–Trinajstić information content (AvgIpc) is 2.38. The number of hydrogen-bond acceptors (Lipinski definition) is 3. The molecule has 116 valence electrons. The number of rotatable bonds is 5. The van der Waals surface area contributed by atoms with E-state index in [0.29, 0.717) is 18.2 Å². The third-order valence-electron chi connectivity index (χ3n) is 2.85. The number of hydrogen-bond donors (Lipinski definition) is 0. The first-order valence-corrected chi connectivity index (χ1v) is 6.29. The number of benzene rings is 1. The summed E-state index contributed by atoms with van der Waals surface area (Å²) in [4.78, 5) is 23.8. The minimum absolute atomic E-state index is 0.00209. The van der Waals surface area contributed by atoms with Crippen LogP contribution in [0.2, 0.25) is 0 Å². The summed E-state index contributed by atoms with van der Waals surface area (Å²) >= 11 is 0. The Morgan fingerprint density at radius 3 is 2.33 bits per heavy atom.